The first-order valence-electron chi connectivity index (χ1n) is 7.43. The van der Waals surface area contributed by atoms with Crippen LogP contribution >= 0.6 is 11.3 Å². The summed E-state index contributed by atoms with van der Waals surface area (Å²) in [6.07, 6.45) is 0. The monoisotopic (exact) mass is 320 g/mol. The van der Waals surface area contributed by atoms with Crippen molar-refractivity contribution in [3.63, 3.8) is 0 Å². The number of hydrogen-bond acceptors (Lipinski definition) is 4. The number of aromatic nitrogens is 3. The Morgan fingerprint density at radius 1 is 1.09 bits per heavy atom. The number of thiazole rings is 1. The molecule has 0 spiro atoms. The first kappa shape index (κ1) is 14.0. The van der Waals surface area contributed by atoms with Crippen LogP contribution in [0.1, 0.15) is 11.1 Å². The summed E-state index contributed by atoms with van der Waals surface area (Å²) in [6.45, 7) is 2.84. The average Bonchev–Trinajstić information content (AvgIpc) is 3.12. The highest BCUT2D eigenvalue weighted by Crippen LogP contribution is 2.28. The molecule has 23 heavy (non-hydrogen) atoms. The number of nitrogens with two attached hydrogens (primary N) is 1. The highest BCUT2D eigenvalue weighted by Gasteiger charge is 2.15. The molecule has 0 bridgehead atoms. The Kier molecular flexibility index (Phi) is 3.35. The van der Waals surface area contributed by atoms with Crippen LogP contribution in [0.25, 0.3) is 22.6 Å². The van der Waals surface area contributed by atoms with Crippen LogP contribution in [0.15, 0.2) is 53.9 Å². The van der Waals surface area contributed by atoms with Crippen LogP contribution in [0.5, 0.6) is 0 Å². The van der Waals surface area contributed by atoms with Crippen molar-refractivity contribution in [3.8, 4) is 11.5 Å². The zero-order valence-electron chi connectivity index (χ0n) is 12.7. The molecule has 0 radical (unpaired) electrons. The molecule has 0 amide bonds. The third kappa shape index (κ3) is 2.59. The number of benzene rings is 2. The van der Waals surface area contributed by atoms with Crippen LogP contribution in [-0.4, -0.2) is 14.5 Å². The van der Waals surface area contributed by atoms with Gasteiger partial charge in [-0.3, -0.25) is 0 Å². The molecule has 0 unspecified atom stereocenters. The van der Waals surface area contributed by atoms with E-state index in [2.05, 4.69) is 58.9 Å². The van der Waals surface area contributed by atoms with Crippen LogP contribution in [-0.2, 0) is 6.54 Å². The molecule has 4 nitrogen and oxygen atoms in total. The van der Waals surface area contributed by atoms with Crippen LogP contribution in [0.4, 0.5) is 5.13 Å². The topological polar surface area (TPSA) is 56.7 Å². The Balaban J connectivity index is 1.91. The van der Waals surface area contributed by atoms with Gasteiger partial charge in [0.1, 0.15) is 5.69 Å². The molecule has 4 rings (SSSR count). The molecule has 0 saturated carbocycles. The van der Waals surface area contributed by atoms with E-state index >= 15 is 0 Å². The zero-order valence-corrected chi connectivity index (χ0v) is 13.5. The van der Waals surface area contributed by atoms with Crippen molar-refractivity contribution in [2.45, 2.75) is 13.5 Å². The first-order valence-corrected chi connectivity index (χ1v) is 8.31. The quantitative estimate of drug-likeness (QED) is 0.618. The van der Waals surface area contributed by atoms with Crippen molar-refractivity contribution in [2.24, 2.45) is 0 Å². The van der Waals surface area contributed by atoms with Crippen molar-refractivity contribution in [1.29, 1.82) is 0 Å². The Morgan fingerprint density at radius 2 is 1.91 bits per heavy atom. The van der Waals surface area contributed by atoms with Crippen LogP contribution < -0.4 is 5.73 Å². The van der Waals surface area contributed by atoms with Crippen molar-refractivity contribution >= 4 is 27.5 Å². The Labute approximate surface area is 138 Å². The van der Waals surface area contributed by atoms with Crippen LogP contribution in [0, 0.1) is 6.92 Å². The van der Waals surface area contributed by atoms with Crippen molar-refractivity contribution in [2.75, 3.05) is 5.73 Å². The third-order valence-corrected chi connectivity index (χ3v) is 4.51. The average molecular weight is 320 g/mol. The van der Waals surface area contributed by atoms with Gasteiger partial charge in [0.15, 0.2) is 11.0 Å². The lowest BCUT2D eigenvalue weighted by Crippen LogP contribution is -2.02. The number of nitrogen functional groups attached to an aromatic ring is 1. The maximum atomic E-state index is 5.81. The minimum Gasteiger partial charge on any atom is -0.375 e. The van der Waals surface area contributed by atoms with E-state index in [4.69, 9.17) is 10.7 Å². The molecule has 0 aliphatic heterocycles. The van der Waals surface area contributed by atoms with Gasteiger partial charge in [-0.1, -0.05) is 36.4 Å². The van der Waals surface area contributed by atoms with E-state index in [0.717, 1.165) is 29.1 Å². The van der Waals surface area contributed by atoms with E-state index in [9.17, 15) is 0 Å². The molecular weight excluding hydrogens is 304 g/mol. The number of anilines is 1. The maximum Gasteiger partial charge on any atom is 0.180 e. The molecule has 0 aliphatic rings. The number of fused-ring (bicyclic) bond motifs is 1. The first-order chi connectivity index (χ1) is 11.2. The minimum atomic E-state index is 0.564. The van der Waals surface area contributed by atoms with Gasteiger partial charge in [0.05, 0.1) is 11.0 Å². The summed E-state index contributed by atoms with van der Waals surface area (Å²) in [5.74, 6) is 0.863. The van der Waals surface area contributed by atoms with E-state index in [0.29, 0.717) is 5.13 Å². The van der Waals surface area contributed by atoms with Gasteiger partial charge >= 0.3 is 0 Å². The van der Waals surface area contributed by atoms with Crippen molar-refractivity contribution in [1.82, 2.24) is 14.5 Å². The SMILES string of the molecule is Cc1ccc2c(c1)nc(-c1csc(N)n1)n2Cc1ccccc1. The molecule has 0 saturated heterocycles. The highest BCUT2D eigenvalue weighted by atomic mass is 32.1. The number of aryl methyl sites for hydroxylation is 1. The Bertz CT molecular complexity index is 969. The fourth-order valence-electron chi connectivity index (χ4n) is 2.75. The second-order valence-corrected chi connectivity index (χ2v) is 6.46. The van der Waals surface area contributed by atoms with Crippen LogP contribution in [0.3, 0.4) is 0 Å². The molecule has 0 fully saturated rings. The fraction of sp³-hybridized carbons (Fsp3) is 0.111. The van der Waals surface area contributed by atoms with Gasteiger partial charge in [0.2, 0.25) is 0 Å². The molecule has 2 aromatic carbocycles. The van der Waals surface area contributed by atoms with E-state index in [1.807, 2.05) is 11.4 Å². The summed E-state index contributed by atoms with van der Waals surface area (Å²) in [6, 6.07) is 16.7. The summed E-state index contributed by atoms with van der Waals surface area (Å²) in [5, 5.41) is 2.53. The minimum absolute atomic E-state index is 0.564. The molecule has 4 aromatic rings. The van der Waals surface area contributed by atoms with Crippen LogP contribution in [0.2, 0.25) is 0 Å². The van der Waals surface area contributed by atoms with Gasteiger partial charge in [-0.15, -0.1) is 11.3 Å². The van der Waals surface area contributed by atoms with E-state index < -0.39 is 0 Å². The smallest absolute Gasteiger partial charge is 0.180 e. The molecule has 2 N–H and O–H groups in total. The van der Waals surface area contributed by atoms with E-state index in [1.165, 1.54) is 22.5 Å². The molecular formula is C18H16N4S. The number of rotatable bonds is 3. The zero-order chi connectivity index (χ0) is 15.8. The predicted octanol–water partition coefficient (Wildman–Crippen LogP) is 4.10. The summed E-state index contributed by atoms with van der Waals surface area (Å²) in [7, 11) is 0. The predicted molar refractivity (Wildman–Crippen MR) is 95.5 cm³/mol. The number of imidazole rings is 1. The molecule has 0 atom stereocenters. The van der Waals surface area contributed by atoms with Gasteiger partial charge < -0.3 is 10.3 Å². The Morgan fingerprint density at radius 3 is 2.65 bits per heavy atom. The lowest BCUT2D eigenvalue weighted by molar-refractivity contribution is 0.831. The lowest BCUT2D eigenvalue weighted by atomic mass is 10.2. The van der Waals surface area contributed by atoms with Crippen molar-refractivity contribution < 1.29 is 0 Å². The largest absolute Gasteiger partial charge is 0.375 e. The van der Waals surface area contributed by atoms with Crippen molar-refractivity contribution in [3.05, 3.63) is 65.0 Å². The Hall–Kier alpha value is -2.66. The van der Waals surface area contributed by atoms with Gasteiger partial charge in [0, 0.05) is 11.9 Å². The molecule has 2 aromatic heterocycles. The summed E-state index contributed by atoms with van der Waals surface area (Å²) >= 11 is 1.44. The molecule has 5 heteroatoms. The summed E-state index contributed by atoms with van der Waals surface area (Å²) in [4.78, 5) is 9.22. The molecule has 114 valence electrons. The second kappa shape index (κ2) is 5.52. The fourth-order valence-corrected chi connectivity index (χ4v) is 3.29. The highest BCUT2D eigenvalue weighted by molar-refractivity contribution is 7.13. The molecule has 0 aliphatic carbocycles. The third-order valence-electron chi connectivity index (χ3n) is 3.84. The summed E-state index contributed by atoms with van der Waals surface area (Å²) < 4.78 is 2.21. The van der Waals surface area contributed by atoms with E-state index in [1.54, 1.807) is 0 Å². The maximum absolute atomic E-state index is 5.81. The standard InChI is InChI=1S/C18H16N4S/c1-12-7-8-16-14(9-12)20-17(15-11-23-18(19)21-15)22(16)10-13-5-3-2-4-6-13/h2-9,11H,10H2,1H3,(H2,19,21). The second-order valence-electron chi connectivity index (χ2n) is 5.57. The number of nitrogens with zero attached hydrogens (tertiary/aromatic N) is 3. The van der Waals surface area contributed by atoms with Gasteiger partial charge in [-0.25, -0.2) is 9.97 Å². The van der Waals surface area contributed by atoms with Gasteiger partial charge in [0.25, 0.3) is 0 Å². The van der Waals surface area contributed by atoms with Gasteiger partial charge in [-0.05, 0) is 30.2 Å². The summed E-state index contributed by atoms with van der Waals surface area (Å²) in [5.41, 5.74) is 11.2. The number of hydrogen-bond donors (Lipinski definition) is 1. The van der Waals surface area contributed by atoms with Gasteiger partial charge in [-0.2, -0.15) is 0 Å². The van der Waals surface area contributed by atoms with E-state index in [-0.39, 0.29) is 0 Å². The molecule has 2 heterocycles. The lowest BCUT2D eigenvalue weighted by Gasteiger charge is -2.08. The normalized spacial score (nSPS) is 11.2.